The van der Waals surface area contributed by atoms with Crippen LogP contribution in [0.5, 0.6) is 0 Å². The first kappa shape index (κ1) is 11.9. The van der Waals surface area contributed by atoms with Crippen LogP contribution in [-0.4, -0.2) is 38.7 Å². The minimum atomic E-state index is -3.26. The lowest BCUT2D eigenvalue weighted by molar-refractivity contribution is 0.305. The van der Waals surface area contributed by atoms with E-state index in [1.165, 1.54) is 0 Å². The van der Waals surface area contributed by atoms with E-state index in [0.29, 0.717) is 6.42 Å². The molecule has 0 heterocycles. The largest absolute Gasteiger partial charge is 0.304 e. The van der Waals surface area contributed by atoms with Crippen LogP contribution in [0.2, 0.25) is 0 Å². The summed E-state index contributed by atoms with van der Waals surface area (Å²) in [7, 11) is -3.26. The van der Waals surface area contributed by atoms with Gasteiger partial charge in [-0.2, -0.15) is 0 Å². The van der Waals surface area contributed by atoms with Gasteiger partial charge in [0.15, 0.2) is 0 Å². The van der Waals surface area contributed by atoms with Gasteiger partial charge in [0.05, 0.1) is 5.75 Å². The smallest absolute Gasteiger partial charge is 0.209 e. The topological polar surface area (TPSA) is 63.4 Å². The fourth-order valence-electron chi connectivity index (χ4n) is 1.03. The molecule has 0 aromatic rings. The highest BCUT2D eigenvalue weighted by Gasteiger charge is 2.04. The van der Waals surface area contributed by atoms with E-state index in [1.54, 1.807) is 0 Å². The van der Waals surface area contributed by atoms with E-state index in [4.69, 9.17) is 5.14 Å². The van der Waals surface area contributed by atoms with Crippen molar-refractivity contribution in [3.63, 3.8) is 0 Å². The molecule has 4 nitrogen and oxygen atoms in total. The van der Waals surface area contributed by atoms with Gasteiger partial charge in [-0.15, -0.1) is 0 Å². The summed E-state index contributed by atoms with van der Waals surface area (Å²) >= 11 is 0. The summed E-state index contributed by atoms with van der Waals surface area (Å²) in [5.41, 5.74) is 0. The average Bonchev–Trinajstić information content (AvgIpc) is 1.96. The highest BCUT2D eigenvalue weighted by atomic mass is 32.2. The predicted octanol–water partition coefficient (Wildman–Crippen LogP) is 0.00680. The fourth-order valence-corrected chi connectivity index (χ4v) is 1.56. The fraction of sp³-hybridized carbons (Fsp3) is 1.00. The molecule has 0 aliphatic carbocycles. The highest BCUT2D eigenvalue weighted by molar-refractivity contribution is 7.89. The van der Waals surface area contributed by atoms with Gasteiger partial charge in [0.25, 0.3) is 0 Å². The van der Waals surface area contributed by atoms with Crippen molar-refractivity contribution >= 4 is 10.0 Å². The van der Waals surface area contributed by atoms with E-state index in [0.717, 1.165) is 19.6 Å². The number of hydrogen-bond acceptors (Lipinski definition) is 3. The SMILES string of the molecule is CCN(CC)CCCS(N)(=O)=O. The van der Waals surface area contributed by atoms with Crippen molar-refractivity contribution in [3.05, 3.63) is 0 Å². The third kappa shape index (κ3) is 6.57. The molecule has 0 radical (unpaired) electrons. The summed E-state index contributed by atoms with van der Waals surface area (Å²) < 4.78 is 21.1. The number of primary sulfonamides is 1. The Hall–Kier alpha value is -0.130. The summed E-state index contributed by atoms with van der Waals surface area (Å²) in [6.45, 7) is 6.84. The molecule has 12 heavy (non-hydrogen) atoms. The second-order valence-corrected chi connectivity index (χ2v) is 4.48. The molecular weight excluding hydrogens is 176 g/mol. The van der Waals surface area contributed by atoms with Crippen LogP contribution in [0.4, 0.5) is 0 Å². The number of nitrogens with two attached hydrogens (primary N) is 1. The molecule has 0 fully saturated rings. The van der Waals surface area contributed by atoms with Crippen molar-refractivity contribution in [1.82, 2.24) is 4.90 Å². The van der Waals surface area contributed by atoms with Crippen LogP contribution in [0, 0.1) is 0 Å². The van der Waals surface area contributed by atoms with Crippen molar-refractivity contribution in [2.45, 2.75) is 20.3 Å². The lowest BCUT2D eigenvalue weighted by atomic mass is 10.4. The summed E-state index contributed by atoms with van der Waals surface area (Å²) in [6, 6.07) is 0. The lowest BCUT2D eigenvalue weighted by Gasteiger charge is -2.16. The van der Waals surface area contributed by atoms with Crippen LogP contribution < -0.4 is 5.14 Å². The molecule has 0 saturated carbocycles. The van der Waals surface area contributed by atoms with Crippen LogP contribution in [0.15, 0.2) is 0 Å². The van der Waals surface area contributed by atoms with Crippen LogP contribution in [0.1, 0.15) is 20.3 Å². The summed E-state index contributed by atoms with van der Waals surface area (Å²) in [6.07, 6.45) is 0.626. The molecule has 0 spiro atoms. The van der Waals surface area contributed by atoms with E-state index in [9.17, 15) is 8.42 Å². The molecule has 0 amide bonds. The number of nitrogens with zero attached hydrogens (tertiary/aromatic N) is 1. The maximum atomic E-state index is 10.5. The Bertz CT molecular complexity index is 197. The maximum Gasteiger partial charge on any atom is 0.209 e. The Balaban J connectivity index is 3.55. The molecule has 74 valence electrons. The second kappa shape index (κ2) is 5.50. The van der Waals surface area contributed by atoms with Gasteiger partial charge < -0.3 is 4.90 Å². The summed E-state index contributed by atoms with van der Waals surface area (Å²) in [5, 5.41) is 4.86. The minimum absolute atomic E-state index is 0.0868. The van der Waals surface area contributed by atoms with Crippen molar-refractivity contribution in [2.75, 3.05) is 25.4 Å². The standard InChI is InChI=1S/C7H18N2O2S/c1-3-9(4-2)6-5-7-12(8,10)11/h3-7H2,1-2H3,(H2,8,10,11). The lowest BCUT2D eigenvalue weighted by Crippen LogP contribution is -2.27. The average molecular weight is 194 g/mol. The van der Waals surface area contributed by atoms with Gasteiger partial charge in [0.1, 0.15) is 0 Å². The normalized spacial score (nSPS) is 12.3. The molecule has 2 N–H and O–H groups in total. The van der Waals surface area contributed by atoms with Crippen LogP contribution in [0.3, 0.4) is 0 Å². The van der Waals surface area contributed by atoms with Crippen LogP contribution >= 0.6 is 0 Å². The zero-order chi connectivity index (χ0) is 9.61. The Kier molecular flexibility index (Phi) is 5.44. The molecule has 0 atom stereocenters. The first-order valence-electron chi connectivity index (χ1n) is 4.22. The van der Waals surface area contributed by atoms with Gasteiger partial charge in [0, 0.05) is 0 Å². The molecule has 0 aliphatic rings. The molecule has 0 aromatic heterocycles. The summed E-state index contributed by atoms with van der Waals surface area (Å²) in [4.78, 5) is 2.17. The van der Waals surface area contributed by atoms with Crippen LogP contribution in [0.25, 0.3) is 0 Å². The predicted molar refractivity (Wildman–Crippen MR) is 50.4 cm³/mol. The molecule has 0 aromatic carbocycles. The molecule has 5 heteroatoms. The highest BCUT2D eigenvalue weighted by Crippen LogP contribution is 1.92. The zero-order valence-corrected chi connectivity index (χ0v) is 8.60. The number of rotatable bonds is 6. The third-order valence-corrected chi connectivity index (χ3v) is 2.66. The molecule has 0 saturated heterocycles. The van der Waals surface area contributed by atoms with E-state index in [-0.39, 0.29) is 5.75 Å². The van der Waals surface area contributed by atoms with Crippen LogP contribution in [-0.2, 0) is 10.0 Å². The Morgan fingerprint density at radius 3 is 2.08 bits per heavy atom. The van der Waals surface area contributed by atoms with Crippen molar-refractivity contribution in [2.24, 2.45) is 5.14 Å². The van der Waals surface area contributed by atoms with Gasteiger partial charge in [-0.25, -0.2) is 13.6 Å². The quantitative estimate of drug-likeness (QED) is 0.647. The van der Waals surface area contributed by atoms with Gasteiger partial charge in [0.2, 0.25) is 10.0 Å². The van der Waals surface area contributed by atoms with Gasteiger partial charge in [-0.1, -0.05) is 13.8 Å². The zero-order valence-electron chi connectivity index (χ0n) is 7.78. The molecule has 0 aliphatic heterocycles. The monoisotopic (exact) mass is 194 g/mol. The van der Waals surface area contributed by atoms with Crippen molar-refractivity contribution in [1.29, 1.82) is 0 Å². The number of sulfonamides is 1. The van der Waals surface area contributed by atoms with E-state index in [2.05, 4.69) is 18.7 Å². The minimum Gasteiger partial charge on any atom is -0.304 e. The summed E-state index contributed by atoms with van der Waals surface area (Å²) in [5.74, 6) is 0.0868. The Labute approximate surface area is 74.8 Å². The third-order valence-electron chi connectivity index (χ3n) is 1.80. The molecule has 0 unspecified atom stereocenters. The van der Waals surface area contributed by atoms with E-state index in [1.807, 2.05) is 0 Å². The molecule has 0 bridgehead atoms. The van der Waals surface area contributed by atoms with Gasteiger partial charge in [-0.3, -0.25) is 0 Å². The Morgan fingerprint density at radius 2 is 1.75 bits per heavy atom. The molecular formula is C7H18N2O2S. The van der Waals surface area contributed by atoms with Gasteiger partial charge >= 0.3 is 0 Å². The maximum absolute atomic E-state index is 10.5. The Morgan fingerprint density at radius 1 is 1.25 bits per heavy atom. The first-order chi connectivity index (χ1) is 5.49. The van der Waals surface area contributed by atoms with E-state index >= 15 is 0 Å². The second-order valence-electron chi connectivity index (χ2n) is 2.75. The van der Waals surface area contributed by atoms with E-state index < -0.39 is 10.0 Å². The van der Waals surface area contributed by atoms with Crippen molar-refractivity contribution < 1.29 is 8.42 Å². The first-order valence-corrected chi connectivity index (χ1v) is 5.94. The molecule has 0 rings (SSSR count). The van der Waals surface area contributed by atoms with Gasteiger partial charge in [-0.05, 0) is 26.1 Å². The van der Waals surface area contributed by atoms with Crippen molar-refractivity contribution in [3.8, 4) is 0 Å². The number of hydrogen-bond donors (Lipinski definition) is 1.